The molecule has 0 fully saturated rings. The molecule has 0 aromatic heterocycles. The molecule has 0 heterocycles. The first-order chi connectivity index (χ1) is 14.7. The lowest BCUT2D eigenvalue weighted by molar-refractivity contribution is 0.491. The van der Waals surface area contributed by atoms with Crippen molar-refractivity contribution < 1.29 is 4.43 Å². The summed E-state index contributed by atoms with van der Waals surface area (Å²) in [6.07, 6.45) is 0. The van der Waals surface area contributed by atoms with Gasteiger partial charge in [-0.05, 0) is 47.0 Å². The van der Waals surface area contributed by atoms with Crippen molar-refractivity contribution in [2.24, 2.45) is 0 Å². The Hall–Kier alpha value is -2.87. The minimum absolute atomic E-state index is 0.0739. The fourth-order valence-corrected chi connectivity index (χ4v) is 4.26. The predicted octanol–water partition coefficient (Wildman–Crippen LogP) is 7.01. The molecule has 160 valence electrons. The zero-order valence-corrected chi connectivity index (χ0v) is 20.1. The smallest absolute Gasteiger partial charge is 0.250 e. The van der Waals surface area contributed by atoms with Gasteiger partial charge >= 0.3 is 0 Å². The molecular weight excluding hydrogens is 396 g/mol. The molecule has 0 bridgehead atoms. The lowest BCUT2D eigenvalue weighted by Crippen LogP contribution is -2.43. The largest absolute Gasteiger partial charge is 0.544 e. The zero-order chi connectivity index (χ0) is 22.5. The van der Waals surface area contributed by atoms with Gasteiger partial charge in [-0.2, -0.15) is 5.26 Å². The number of nitriles is 1. The van der Waals surface area contributed by atoms with E-state index in [-0.39, 0.29) is 11.1 Å². The van der Waals surface area contributed by atoms with Crippen LogP contribution in [-0.4, -0.2) is 8.32 Å². The molecule has 0 saturated carbocycles. The third-order valence-corrected chi connectivity index (χ3v) is 10.5. The molecule has 0 aliphatic carbocycles. The molecule has 0 radical (unpaired) electrons. The summed E-state index contributed by atoms with van der Waals surface area (Å²) in [5.41, 5.74) is 3.20. The number of hydrogen-bond acceptors (Lipinski definition) is 3. The van der Waals surface area contributed by atoms with E-state index in [1.54, 1.807) is 0 Å². The Kier molecular flexibility index (Phi) is 7.00. The van der Waals surface area contributed by atoms with E-state index in [9.17, 15) is 5.26 Å². The van der Waals surface area contributed by atoms with Crippen molar-refractivity contribution in [1.29, 1.82) is 5.26 Å². The average Bonchev–Trinajstić information content (AvgIpc) is 2.75. The first-order valence-electron chi connectivity index (χ1n) is 10.8. The third-order valence-electron chi connectivity index (χ3n) is 6.12. The van der Waals surface area contributed by atoms with Gasteiger partial charge in [0, 0.05) is 0 Å². The van der Waals surface area contributed by atoms with Gasteiger partial charge in [0.25, 0.3) is 0 Å². The molecule has 1 atom stereocenters. The van der Waals surface area contributed by atoms with Gasteiger partial charge in [-0.1, -0.05) is 93.6 Å². The Labute approximate surface area is 187 Å². The van der Waals surface area contributed by atoms with Gasteiger partial charge in [0.1, 0.15) is 11.8 Å². The summed E-state index contributed by atoms with van der Waals surface area (Å²) in [5, 5.41) is 13.6. The van der Waals surface area contributed by atoms with Crippen LogP contribution in [0.4, 0.5) is 0 Å². The Morgan fingerprint density at radius 1 is 0.774 bits per heavy atom. The molecule has 1 N–H and O–H groups in total. The Morgan fingerprint density at radius 2 is 1.26 bits per heavy atom. The lowest BCUT2D eigenvalue weighted by atomic mass is 9.96. The summed E-state index contributed by atoms with van der Waals surface area (Å²) in [6, 6.07) is 30.4. The van der Waals surface area contributed by atoms with E-state index in [2.05, 4.69) is 69.5 Å². The third kappa shape index (κ3) is 5.64. The SMILES string of the molecule is CC(C)(C)[Si](C)(C)Oc1ccc([C@H](C#N)NC(c2ccccc2)c2ccccc2)cc1. The molecule has 3 rings (SSSR count). The highest BCUT2D eigenvalue weighted by molar-refractivity contribution is 6.74. The molecule has 0 aliphatic heterocycles. The van der Waals surface area contributed by atoms with Crippen molar-refractivity contribution in [1.82, 2.24) is 5.32 Å². The summed E-state index contributed by atoms with van der Waals surface area (Å²) >= 11 is 0. The molecule has 0 spiro atoms. The molecular formula is C27H32N2OSi. The van der Waals surface area contributed by atoms with Crippen LogP contribution in [0.25, 0.3) is 0 Å². The van der Waals surface area contributed by atoms with Crippen LogP contribution < -0.4 is 9.74 Å². The fraction of sp³-hybridized carbons (Fsp3) is 0.296. The van der Waals surface area contributed by atoms with Crippen LogP contribution in [0.2, 0.25) is 18.1 Å². The molecule has 0 aliphatic rings. The zero-order valence-electron chi connectivity index (χ0n) is 19.1. The second kappa shape index (κ2) is 9.51. The van der Waals surface area contributed by atoms with Gasteiger partial charge in [0.15, 0.2) is 0 Å². The Balaban J connectivity index is 1.83. The molecule has 0 amide bonds. The van der Waals surface area contributed by atoms with Gasteiger partial charge in [0.2, 0.25) is 8.32 Å². The van der Waals surface area contributed by atoms with Crippen LogP contribution in [0.5, 0.6) is 5.75 Å². The van der Waals surface area contributed by atoms with Crippen molar-refractivity contribution >= 4 is 8.32 Å². The number of benzene rings is 3. The molecule has 0 unspecified atom stereocenters. The molecule has 0 saturated heterocycles. The van der Waals surface area contributed by atoms with Crippen molar-refractivity contribution in [3.63, 3.8) is 0 Å². The summed E-state index contributed by atoms with van der Waals surface area (Å²) < 4.78 is 6.39. The van der Waals surface area contributed by atoms with Crippen molar-refractivity contribution in [2.75, 3.05) is 0 Å². The fourth-order valence-electron chi connectivity index (χ4n) is 3.23. The first kappa shape index (κ1) is 22.8. The molecule has 31 heavy (non-hydrogen) atoms. The second-order valence-electron chi connectivity index (χ2n) is 9.41. The summed E-state index contributed by atoms with van der Waals surface area (Å²) in [5.74, 6) is 0.870. The van der Waals surface area contributed by atoms with Gasteiger partial charge in [-0.3, -0.25) is 5.32 Å². The van der Waals surface area contributed by atoms with Crippen LogP contribution in [0.15, 0.2) is 84.9 Å². The van der Waals surface area contributed by atoms with Crippen LogP contribution in [0.1, 0.15) is 49.5 Å². The highest BCUT2D eigenvalue weighted by Crippen LogP contribution is 2.37. The topological polar surface area (TPSA) is 45.0 Å². The van der Waals surface area contributed by atoms with Crippen LogP contribution >= 0.6 is 0 Å². The van der Waals surface area contributed by atoms with E-state index in [1.807, 2.05) is 60.7 Å². The second-order valence-corrected chi connectivity index (χ2v) is 14.1. The maximum absolute atomic E-state index is 9.95. The van der Waals surface area contributed by atoms with E-state index < -0.39 is 14.4 Å². The number of nitrogens with zero attached hydrogens (tertiary/aromatic N) is 1. The van der Waals surface area contributed by atoms with Gasteiger partial charge in [0.05, 0.1) is 12.1 Å². The van der Waals surface area contributed by atoms with Crippen LogP contribution in [-0.2, 0) is 0 Å². The van der Waals surface area contributed by atoms with E-state index in [1.165, 1.54) is 0 Å². The highest BCUT2D eigenvalue weighted by Gasteiger charge is 2.38. The number of hydrogen-bond donors (Lipinski definition) is 1. The average molecular weight is 429 g/mol. The Bertz CT molecular complexity index is 964. The van der Waals surface area contributed by atoms with E-state index in [4.69, 9.17) is 4.43 Å². The Morgan fingerprint density at radius 3 is 1.68 bits per heavy atom. The molecule has 4 heteroatoms. The summed E-state index contributed by atoms with van der Waals surface area (Å²) in [7, 11) is -1.89. The van der Waals surface area contributed by atoms with Crippen molar-refractivity contribution in [3.05, 3.63) is 102 Å². The van der Waals surface area contributed by atoms with Gasteiger partial charge < -0.3 is 4.43 Å². The van der Waals surface area contributed by atoms with Gasteiger partial charge in [-0.15, -0.1) is 0 Å². The van der Waals surface area contributed by atoms with E-state index in [0.29, 0.717) is 0 Å². The normalized spacial score (nSPS) is 12.9. The van der Waals surface area contributed by atoms with E-state index in [0.717, 1.165) is 22.4 Å². The van der Waals surface area contributed by atoms with Crippen LogP contribution in [0, 0.1) is 11.3 Å². The lowest BCUT2D eigenvalue weighted by Gasteiger charge is -2.36. The summed E-state index contributed by atoms with van der Waals surface area (Å²) in [6.45, 7) is 11.2. The number of rotatable bonds is 7. The standard InChI is InChI=1S/C27H32N2OSi/c1-27(2,3)31(4,5)30-24-18-16-21(17-19-24)25(20-28)29-26(22-12-8-6-9-13-22)23-14-10-7-11-15-23/h6-19,25-26,29H,1-5H3/t25-/m0/s1. The van der Waals surface area contributed by atoms with Crippen molar-refractivity contribution in [3.8, 4) is 11.8 Å². The minimum Gasteiger partial charge on any atom is -0.544 e. The predicted molar refractivity (Wildman–Crippen MR) is 130 cm³/mol. The quantitative estimate of drug-likeness (QED) is 0.411. The minimum atomic E-state index is -1.89. The van der Waals surface area contributed by atoms with E-state index >= 15 is 0 Å². The molecule has 3 aromatic carbocycles. The highest BCUT2D eigenvalue weighted by atomic mass is 28.4. The number of nitrogens with one attached hydrogen (secondary N) is 1. The molecule has 3 aromatic rings. The van der Waals surface area contributed by atoms with Gasteiger partial charge in [-0.25, -0.2) is 0 Å². The van der Waals surface area contributed by atoms with Crippen LogP contribution in [0.3, 0.4) is 0 Å². The maximum Gasteiger partial charge on any atom is 0.250 e. The maximum atomic E-state index is 9.95. The molecule has 3 nitrogen and oxygen atoms in total. The summed E-state index contributed by atoms with van der Waals surface area (Å²) in [4.78, 5) is 0. The van der Waals surface area contributed by atoms with Crippen molar-refractivity contribution in [2.45, 2.75) is 51.0 Å². The first-order valence-corrected chi connectivity index (χ1v) is 13.7. The monoisotopic (exact) mass is 428 g/mol.